The molecule has 0 aromatic rings. The van der Waals surface area contributed by atoms with Crippen LogP contribution in [0.3, 0.4) is 0 Å². The molecular weight excluding hydrogens is 243 g/mol. The van der Waals surface area contributed by atoms with E-state index in [0.717, 1.165) is 24.2 Å². The molecule has 0 heterocycles. The van der Waals surface area contributed by atoms with Crippen LogP contribution in [0.5, 0.6) is 0 Å². The molecule has 0 aromatic carbocycles. The molecule has 0 aliphatic heterocycles. The first-order chi connectivity index (χ1) is 9.42. The Labute approximate surface area is 128 Å². The highest BCUT2D eigenvalue weighted by atomic mass is 16.1. The zero-order chi connectivity index (χ0) is 15.5. The third-order valence-electron chi connectivity index (χ3n) is 4.96. The van der Waals surface area contributed by atoms with Gasteiger partial charge in [0.1, 0.15) is 0 Å². The molecule has 0 saturated heterocycles. The van der Waals surface area contributed by atoms with Gasteiger partial charge in [-0.3, -0.25) is 0 Å². The molecule has 2 heteroatoms. The van der Waals surface area contributed by atoms with Gasteiger partial charge in [0.05, 0.1) is 5.68 Å². The SMILES string of the molecule is CCC(C)C(C)C.CCC([B]C(C)=O)C1CCCCC1. The van der Waals surface area contributed by atoms with Gasteiger partial charge in [0.25, 0.3) is 0 Å². The van der Waals surface area contributed by atoms with Crippen LogP contribution in [0.2, 0.25) is 5.82 Å². The van der Waals surface area contributed by atoms with Crippen LogP contribution >= 0.6 is 0 Å². The fourth-order valence-electron chi connectivity index (χ4n) is 2.92. The van der Waals surface area contributed by atoms with E-state index >= 15 is 0 Å². The van der Waals surface area contributed by atoms with Gasteiger partial charge in [-0.15, -0.1) is 0 Å². The molecule has 0 aromatic heterocycles. The van der Waals surface area contributed by atoms with Crippen molar-refractivity contribution in [3.05, 3.63) is 0 Å². The van der Waals surface area contributed by atoms with E-state index in [1.165, 1.54) is 38.5 Å². The minimum Gasteiger partial charge on any atom is -0.312 e. The van der Waals surface area contributed by atoms with Crippen molar-refractivity contribution < 1.29 is 4.79 Å². The molecule has 117 valence electrons. The van der Waals surface area contributed by atoms with Gasteiger partial charge in [0.2, 0.25) is 7.28 Å². The molecule has 2 unspecified atom stereocenters. The first kappa shape index (κ1) is 19.7. The lowest BCUT2D eigenvalue weighted by atomic mass is 9.53. The van der Waals surface area contributed by atoms with Crippen LogP contribution in [0.15, 0.2) is 0 Å². The van der Waals surface area contributed by atoms with E-state index in [9.17, 15) is 4.79 Å². The number of hydrogen-bond donors (Lipinski definition) is 0. The second-order valence-electron chi connectivity index (χ2n) is 6.88. The van der Waals surface area contributed by atoms with Crippen LogP contribution in [0, 0.1) is 17.8 Å². The molecule has 1 rings (SSSR count). The van der Waals surface area contributed by atoms with Crippen LogP contribution in [0.1, 0.15) is 86.5 Å². The van der Waals surface area contributed by atoms with Gasteiger partial charge in [0, 0.05) is 0 Å². The lowest BCUT2D eigenvalue weighted by Gasteiger charge is -2.28. The molecule has 0 N–H and O–H groups in total. The minimum atomic E-state index is 0.248. The van der Waals surface area contributed by atoms with Crippen molar-refractivity contribution in [2.24, 2.45) is 17.8 Å². The molecule has 1 fully saturated rings. The Morgan fingerprint density at radius 1 is 1.05 bits per heavy atom. The van der Waals surface area contributed by atoms with Crippen molar-refractivity contribution in [2.45, 2.75) is 92.3 Å². The first-order valence-corrected chi connectivity index (χ1v) is 8.77. The van der Waals surface area contributed by atoms with Crippen molar-refractivity contribution in [2.75, 3.05) is 0 Å². The van der Waals surface area contributed by atoms with Crippen molar-refractivity contribution in [3.8, 4) is 0 Å². The highest BCUT2D eigenvalue weighted by molar-refractivity contribution is 6.74. The van der Waals surface area contributed by atoms with Gasteiger partial charge in [-0.2, -0.15) is 0 Å². The average molecular weight is 279 g/mol. The highest BCUT2D eigenvalue weighted by Gasteiger charge is 2.23. The fraction of sp³-hybridized carbons (Fsp3) is 0.944. The van der Waals surface area contributed by atoms with Crippen LogP contribution in [-0.2, 0) is 4.79 Å². The molecule has 1 aliphatic carbocycles. The Kier molecular flexibility index (Phi) is 11.2. The number of carbonyl (C=O) groups excluding carboxylic acids is 1. The molecule has 1 nitrogen and oxygen atoms in total. The van der Waals surface area contributed by atoms with Gasteiger partial charge in [-0.05, 0) is 24.7 Å². The summed E-state index contributed by atoms with van der Waals surface area (Å²) in [6, 6.07) is 0. The highest BCUT2D eigenvalue weighted by Crippen LogP contribution is 2.34. The van der Waals surface area contributed by atoms with Crippen LogP contribution < -0.4 is 0 Å². The van der Waals surface area contributed by atoms with E-state index in [2.05, 4.69) is 34.6 Å². The molecule has 2 atom stereocenters. The fourth-order valence-corrected chi connectivity index (χ4v) is 2.92. The average Bonchev–Trinajstić information content (AvgIpc) is 2.45. The topological polar surface area (TPSA) is 17.1 Å². The van der Waals surface area contributed by atoms with E-state index in [0.29, 0.717) is 5.82 Å². The lowest BCUT2D eigenvalue weighted by molar-refractivity contribution is -0.110. The third kappa shape index (κ3) is 8.82. The van der Waals surface area contributed by atoms with Crippen molar-refractivity contribution in [3.63, 3.8) is 0 Å². The summed E-state index contributed by atoms with van der Waals surface area (Å²) in [5.41, 5.74) is 0.248. The third-order valence-corrected chi connectivity index (χ3v) is 4.96. The molecular formula is C18H36BO. The molecule has 0 spiro atoms. The Hall–Kier alpha value is -0.265. The van der Waals surface area contributed by atoms with Crippen LogP contribution in [-0.4, -0.2) is 13.0 Å². The largest absolute Gasteiger partial charge is 0.312 e. The smallest absolute Gasteiger partial charge is 0.205 e. The Morgan fingerprint density at radius 2 is 1.60 bits per heavy atom. The number of carbonyl (C=O) groups is 1. The van der Waals surface area contributed by atoms with Gasteiger partial charge in [-0.1, -0.05) is 85.4 Å². The van der Waals surface area contributed by atoms with Crippen molar-refractivity contribution in [1.29, 1.82) is 0 Å². The predicted molar refractivity (Wildman–Crippen MR) is 91.3 cm³/mol. The summed E-state index contributed by atoms with van der Waals surface area (Å²) in [4.78, 5) is 11.0. The van der Waals surface area contributed by atoms with E-state index < -0.39 is 0 Å². The Morgan fingerprint density at radius 3 is 1.90 bits per heavy atom. The maximum absolute atomic E-state index is 11.0. The minimum absolute atomic E-state index is 0.248. The summed E-state index contributed by atoms with van der Waals surface area (Å²) in [6.07, 6.45) is 9.25. The summed E-state index contributed by atoms with van der Waals surface area (Å²) in [6.45, 7) is 12.9. The molecule has 0 amide bonds. The quantitative estimate of drug-likeness (QED) is 0.569. The molecule has 20 heavy (non-hydrogen) atoms. The molecule has 1 saturated carbocycles. The zero-order valence-corrected chi connectivity index (χ0v) is 14.7. The maximum atomic E-state index is 11.0. The monoisotopic (exact) mass is 279 g/mol. The van der Waals surface area contributed by atoms with E-state index in [4.69, 9.17) is 0 Å². The van der Waals surface area contributed by atoms with E-state index in [1.54, 1.807) is 6.92 Å². The zero-order valence-electron chi connectivity index (χ0n) is 14.7. The van der Waals surface area contributed by atoms with Gasteiger partial charge >= 0.3 is 0 Å². The lowest BCUT2D eigenvalue weighted by Crippen LogP contribution is -2.22. The first-order valence-electron chi connectivity index (χ1n) is 8.77. The summed E-state index contributed by atoms with van der Waals surface area (Å²) in [7, 11) is 1.94. The van der Waals surface area contributed by atoms with E-state index in [-0.39, 0.29) is 5.68 Å². The predicted octanol–water partition coefficient (Wildman–Crippen LogP) is 5.70. The summed E-state index contributed by atoms with van der Waals surface area (Å²) in [5.74, 6) is 3.12. The van der Waals surface area contributed by atoms with Gasteiger partial charge < -0.3 is 4.79 Å². The second kappa shape index (κ2) is 11.4. The molecule has 0 bridgehead atoms. The molecule has 1 radical (unpaired) electrons. The number of hydrogen-bond acceptors (Lipinski definition) is 1. The van der Waals surface area contributed by atoms with Gasteiger partial charge in [-0.25, -0.2) is 0 Å². The summed E-state index contributed by atoms with van der Waals surface area (Å²) >= 11 is 0. The standard InChI is InChI=1S/C11H20BO.C7H16/c1-3-11(12-9(2)13)10-7-5-4-6-8-10;1-5-7(4)6(2)3/h10-11H,3-8H2,1-2H3;6-7H,5H2,1-4H3. The summed E-state index contributed by atoms with van der Waals surface area (Å²) < 4.78 is 0. The normalized spacial score (nSPS) is 18.9. The Bertz CT molecular complexity index is 244. The molecule has 1 aliphatic rings. The maximum Gasteiger partial charge on any atom is 0.205 e. The van der Waals surface area contributed by atoms with Crippen molar-refractivity contribution >= 4 is 13.0 Å². The number of rotatable bonds is 6. The van der Waals surface area contributed by atoms with Crippen LogP contribution in [0.4, 0.5) is 0 Å². The van der Waals surface area contributed by atoms with Crippen LogP contribution in [0.25, 0.3) is 0 Å². The summed E-state index contributed by atoms with van der Waals surface area (Å²) in [5, 5.41) is 0. The van der Waals surface area contributed by atoms with E-state index in [1.807, 2.05) is 7.28 Å². The second-order valence-corrected chi connectivity index (χ2v) is 6.88. The van der Waals surface area contributed by atoms with Gasteiger partial charge in [0.15, 0.2) is 0 Å². The Balaban J connectivity index is 0.000000441. The van der Waals surface area contributed by atoms with Crippen molar-refractivity contribution in [1.82, 2.24) is 0 Å².